The van der Waals surface area contributed by atoms with Crippen LogP contribution in [0.5, 0.6) is 0 Å². The van der Waals surface area contributed by atoms with Crippen LogP contribution in [-0.4, -0.2) is 32.7 Å². The van der Waals surface area contributed by atoms with E-state index in [9.17, 15) is 35.5 Å². The molecule has 0 aromatic carbocycles. The van der Waals surface area contributed by atoms with E-state index in [4.69, 9.17) is 5.11 Å². The van der Waals surface area contributed by atoms with Crippen molar-refractivity contribution in [2.75, 3.05) is 0 Å². The molecule has 1 unspecified atom stereocenters. The van der Waals surface area contributed by atoms with Crippen molar-refractivity contribution in [3.05, 3.63) is 17.0 Å². The maximum atomic E-state index is 13.4. The lowest BCUT2D eigenvalue weighted by Gasteiger charge is -2.43. The Bertz CT molecular complexity index is 691. The summed E-state index contributed by atoms with van der Waals surface area (Å²) < 4.78 is 92.3. The molecule has 0 radical (unpaired) electrons. The van der Waals surface area contributed by atoms with Crippen LogP contribution in [0.3, 0.4) is 0 Å². The SMILES string of the molecule is O=C(O)c1c(C(F)(F)F)c(C2CC2)nn1CC1CC(F)(F)C1(F)F. The van der Waals surface area contributed by atoms with E-state index in [2.05, 4.69) is 5.10 Å². The van der Waals surface area contributed by atoms with Crippen molar-refractivity contribution < 1.29 is 40.6 Å². The Kier molecular flexibility index (Phi) is 3.44. The molecule has 1 atom stereocenters. The Morgan fingerprint density at radius 1 is 1.25 bits per heavy atom. The van der Waals surface area contributed by atoms with Crippen molar-refractivity contribution >= 4 is 5.97 Å². The maximum absolute atomic E-state index is 13.4. The molecular formula is C13H11F7N2O2. The molecule has 0 bridgehead atoms. The minimum Gasteiger partial charge on any atom is -0.477 e. The normalized spacial score (nSPS) is 25.4. The Labute approximate surface area is 130 Å². The Morgan fingerprint density at radius 3 is 2.21 bits per heavy atom. The molecule has 0 aliphatic heterocycles. The number of alkyl halides is 7. The van der Waals surface area contributed by atoms with Crippen molar-refractivity contribution in [1.29, 1.82) is 0 Å². The molecule has 4 nitrogen and oxygen atoms in total. The van der Waals surface area contributed by atoms with E-state index in [0.717, 1.165) is 0 Å². The maximum Gasteiger partial charge on any atom is 0.420 e. The van der Waals surface area contributed by atoms with Crippen LogP contribution < -0.4 is 0 Å². The minimum absolute atomic E-state index is 0.284. The second kappa shape index (κ2) is 4.85. The lowest BCUT2D eigenvalue weighted by molar-refractivity contribution is -0.316. The van der Waals surface area contributed by atoms with E-state index in [1.165, 1.54) is 0 Å². The third kappa shape index (κ3) is 2.44. The predicted octanol–water partition coefficient (Wildman–Crippen LogP) is 3.77. The fraction of sp³-hybridized carbons (Fsp3) is 0.692. The van der Waals surface area contributed by atoms with Crippen molar-refractivity contribution in [2.45, 2.75) is 49.7 Å². The third-order valence-corrected chi connectivity index (χ3v) is 4.33. The molecule has 1 heterocycles. The van der Waals surface area contributed by atoms with Gasteiger partial charge in [-0.05, 0) is 12.8 Å². The van der Waals surface area contributed by atoms with Gasteiger partial charge in [-0.25, -0.2) is 4.79 Å². The number of carboxylic acids is 1. The summed E-state index contributed by atoms with van der Waals surface area (Å²) in [4.78, 5) is 11.2. The highest BCUT2D eigenvalue weighted by atomic mass is 19.4. The lowest BCUT2D eigenvalue weighted by Crippen LogP contribution is -2.60. The average Bonchev–Trinajstić information content (AvgIpc) is 3.17. The van der Waals surface area contributed by atoms with Crippen molar-refractivity contribution in [2.24, 2.45) is 5.92 Å². The zero-order valence-electron chi connectivity index (χ0n) is 11.9. The zero-order valence-corrected chi connectivity index (χ0v) is 11.9. The summed E-state index contributed by atoms with van der Waals surface area (Å²) in [6.45, 7) is -1.01. The summed E-state index contributed by atoms with van der Waals surface area (Å²) >= 11 is 0. The highest BCUT2D eigenvalue weighted by molar-refractivity contribution is 5.88. The molecule has 2 aliphatic carbocycles. The van der Waals surface area contributed by atoms with Crippen LogP contribution in [0.2, 0.25) is 0 Å². The fourth-order valence-corrected chi connectivity index (χ4v) is 2.88. The number of halogens is 7. The Morgan fingerprint density at radius 2 is 1.83 bits per heavy atom. The molecule has 2 saturated carbocycles. The van der Waals surface area contributed by atoms with Crippen LogP contribution in [0.4, 0.5) is 30.7 Å². The van der Waals surface area contributed by atoms with Crippen LogP contribution in [0, 0.1) is 5.92 Å². The molecule has 0 spiro atoms. The van der Waals surface area contributed by atoms with E-state index in [-0.39, 0.29) is 4.68 Å². The van der Waals surface area contributed by atoms with Gasteiger partial charge in [0.05, 0.1) is 18.2 Å². The summed E-state index contributed by atoms with van der Waals surface area (Å²) in [6, 6.07) is 0. The monoisotopic (exact) mass is 360 g/mol. The smallest absolute Gasteiger partial charge is 0.420 e. The van der Waals surface area contributed by atoms with Crippen molar-refractivity contribution in [3.63, 3.8) is 0 Å². The number of hydrogen-bond donors (Lipinski definition) is 1. The molecule has 1 N–H and O–H groups in total. The summed E-state index contributed by atoms with van der Waals surface area (Å²) in [5, 5.41) is 12.6. The second-order valence-electron chi connectivity index (χ2n) is 6.10. The number of hydrogen-bond acceptors (Lipinski definition) is 2. The highest BCUT2D eigenvalue weighted by Crippen LogP contribution is 2.56. The second-order valence-corrected chi connectivity index (χ2v) is 6.10. The van der Waals surface area contributed by atoms with E-state index in [1.54, 1.807) is 0 Å². The van der Waals surface area contributed by atoms with Gasteiger partial charge in [0, 0.05) is 12.3 Å². The first-order valence-corrected chi connectivity index (χ1v) is 7.03. The molecular weight excluding hydrogens is 349 g/mol. The van der Waals surface area contributed by atoms with Gasteiger partial charge in [0.2, 0.25) is 0 Å². The first-order valence-electron chi connectivity index (χ1n) is 7.03. The largest absolute Gasteiger partial charge is 0.477 e. The fourth-order valence-electron chi connectivity index (χ4n) is 2.88. The number of aromatic nitrogens is 2. The molecule has 2 aliphatic rings. The zero-order chi connectivity index (χ0) is 18.1. The topological polar surface area (TPSA) is 55.1 Å². The van der Waals surface area contributed by atoms with Gasteiger partial charge in [-0.2, -0.15) is 35.8 Å². The molecule has 134 valence electrons. The van der Waals surface area contributed by atoms with Crippen LogP contribution >= 0.6 is 0 Å². The van der Waals surface area contributed by atoms with E-state index in [1.807, 2.05) is 0 Å². The van der Waals surface area contributed by atoms with Gasteiger partial charge >= 0.3 is 24.0 Å². The Balaban J connectivity index is 2.01. The molecule has 1 aromatic heterocycles. The van der Waals surface area contributed by atoms with Gasteiger partial charge in [-0.15, -0.1) is 0 Å². The molecule has 3 rings (SSSR count). The summed E-state index contributed by atoms with van der Waals surface area (Å²) in [5.41, 5.74) is -3.28. The van der Waals surface area contributed by atoms with Gasteiger partial charge in [0.15, 0.2) is 5.69 Å². The first-order chi connectivity index (χ1) is 10.9. The third-order valence-electron chi connectivity index (χ3n) is 4.33. The van der Waals surface area contributed by atoms with E-state index in [0.29, 0.717) is 12.8 Å². The summed E-state index contributed by atoms with van der Waals surface area (Å²) in [5.74, 6) is -13.2. The van der Waals surface area contributed by atoms with Gasteiger partial charge in [-0.1, -0.05) is 0 Å². The molecule has 24 heavy (non-hydrogen) atoms. The van der Waals surface area contributed by atoms with Crippen molar-refractivity contribution in [3.8, 4) is 0 Å². The first kappa shape index (κ1) is 17.0. The minimum atomic E-state index is -5.03. The highest BCUT2D eigenvalue weighted by Gasteiger charge is 2.71. The molecule has 0 amide bonds. The van der Waals surface area contributed by atoms with Crippen LogP contribution in [-0.2, 0) is 12.7 Å². The molecule has 0 saturated heterocycles. The predicted molar refractivity (Wildman–Crippen MR) is 64.2 cm³/mol. The summed E-state index contributed by atoms with van der Waals surface area (Å²) in [7, 11) is 0. The quantitative estimate of drug-likeness (QED) is 0.832. The van der Waals surface area contributed by atoms with Gasteiger partial charge in [-0.3, -0.25) is 4.68 Å². The summed E-state index contributed by atoms with van der Waals surface area (Å²) in [6.07, 6.45) is -5.53. The standard InChI is InChI=1S/C13H11F7N2O2/c14-11(15)3-6(12(11,16)17)4-22-9(10(23)24)7(13(18,19)20)8(21-22)5-1-2-5/h5-6H,1-4H2,(H,23,24). The average molecular weight is 360 g/mol. The molecule has 2 fully saturated rings. The number of carboxylic acid groups (broad SMARTS) is 1. The van der Waals surface area contributed by atoms with Gasteiger partial charge < -0.3 is 5.11 Å². The molecule has 11 heteroatoms. The number of aromatic carboxylic acids is 1. The van der Waals surface area contributed by atoms with E-state index >= 15 is 0 Å². The number of nitrogens with zero attached hydrogens (tertiary/aromatic N) is 2. The Hall–Kier alpha value is -1.81. The van der Waals surface area contributed by atoms with Crippen LogP contribution in [0.15, 0.2) is 0 Å². The van der Waals surface area contributed by atoms with Gasteiger partial charge in [0.1, 0.15) is 5.56 Å². The van der Waals surface area contributed by atoms with E-state index < -0.39 is 65.7 Å². The van der Waals surface area contributed by atoms with Crippen molar-refractivity contribution in [1.82, 2.24) is 9.78 Å². The molecule has 1 aromatic rings. The van der Waals surface area contributed by atoms with Crippen LogP contribution in [0.25, 0.3) is 0 Å². The lowest BCUT2D eigenvalue weighted by atomic mass is 9.76. The van der Waals surface area contributed by atoms with Crippen LogP contribution in [0.1, 0.15) is 46.9 Å². The van der Waals surface area contributed by atoms with Gasteiger partial charge in [0.25, 0.3) is 0 Å². The number of rotatable bonds is 4. The number of carbonyl (C=O) groups is 1.